The number of rotatable bonds is 4. The smallest absolute Gasteiger partial charge is 0.296 e. The van der Waals surface area contributed by atoms with E-state index in [1.165, 1.54) is 4.68 Å². The van der Waals surface area contributed by atoms with Crippen molar-refractivity contribution in [1.29, 1.82) is 0 Å². The molecule has 0 amide bonds. The van der Waals surface area contributed by atoms with Crippen LogP contribution < -0.4 is 5.56 Å². The van der Waals surface area contributed by atoms with E-state index in [9.17, 15) is 4.79 Å². The number of hydrogen-bond donors (Lipinski definition) is 0. The first-order valence-electron chi connectivity index (χ1n) is 8.14. The normalized spacial score (nSPS) is 11.7. The molecule has 3 aromatic heterocycles. The van der Waals surface area contributed by atoms with Gasteiger partial charge < -0.3 is 4.42 Å². The maximum atomic E-state index is 12.8. The predicted molar refractivity (Wildman–Crippen MR) is 99.9 cm³/mol. The summed E-state index contributed by atoms with van der Waals surface area (Å²) in [7, 11) is 1.73. The van der Waals surface area contributed by atoms with E-state index in [1.807, 2.05) is 6.92 Å². The van der Waals surface area contributed by atoms with E-state index in [-0.39, 0.29) is 12.1 Å². The van der Waals surface area contributed by atoms with E-state index in [0.717, 1.165) is 23.9 Å². The van der Waals surface area contributed by atoms with Crippen molar-refractivity contribution in [3.05, 3.63) is 50.1 Å². The van der Waals surface area contributed by atoms with Crippen LogP contribution in [0.2, 0.25) is 10.0 Å². The first kappa shape index (κ1) is 17.1. The van der Waals surface area contributed by atoms with E-state index in [2.05, 4.69) is 15.4 Å². The predicted octanol–water partition coefficient (Wildman–Crippen LogP) is 3.58. The van der Waals surface area contributed by atoms with Crippen LogP contribution in [0.4, 0.5) is 0 Å². The van der Waals surface area contributed by atoms with E-state index < -0.39 is 0 Å². The summed E-state index contributed by atoms with van der Waals surface area (Å²) in [5, 5.41) is 14.4. The van der Waals surface area contributed by atoms with Crippen LogP contribution in [0.3, 0.4) is 0 Å². The lowest BCUT2D eigenvalue weighted by Gasteiger charge is -2.01. The summed E-state index contributed by atoms with van der Waals surface area (Å²) in [6.07, 6.45) is 1.66. The standard InChI is InChI=1S/C17H15Cl2N5O2/c1-3-4-13-14-15(23(2)21-13)17(25)24(22-20-14)8-11-6-9-5-10(18)7-12(19)16(9)26-11/h5-7H,3-4,8H2,1-2H3. The van der Waals surface area contributed by atoms with Crippen LogP contribution in [0.5, 0.6) is 0 Å². The summed E-state index contributed by atoms with van der Waals surface area (Å²) >= 11 is 12.2. The zero-order valence-corrected chi connectivity index (χ0v) is 15.7. The number of aryl methyl sites for hydroxylation is 2. The number of hydrogen-bond acceptors (Lipinski definition) is 5. The fraction of sp³-hybridized carbons (Fsp3) is 0.294. The minimum atomic E-state index is -0.267. The summed E-state index contributed by atoms with van der Waals surface area (Å²) in [6.45, 7) is 2.19. The molecule has 0 aliphatic rings. The van der Waals surface area contributed by atoms with E-state index in [0.29, 0.717) is 32.4 Å². The highest BCUT2D eigenvalue weighted by Gasteiger charge is 2.17. The van der Waals surface area contributed by atoms with Crippen molar-refractivity contribution >= 4 is 45.2 Å². The van der Waals surface area contributed by atoms with Crippen LogP contribution in [0.15, 0.2) is 27.4 Å². The fourth-order valence-corrected chi connectivity index (χ4v) is 3.59. The van der Waals surface area contributed by atoms with Gasteiger partial charge in [0.05, 0.1) is 10.7 Å². The second-order valence-electron chi connectivity index (χ2n) is 6.09. The SMILES string of the molecule is CCCc1nn(C)c2c(=O)n(Cc3cc4cc(Cl)cc(Cl)c4o3)nnc12. The van der Waals surface area contributed by atoms with Crippen molar-refractivity contribution < 1.29 is 4.42 Å². The summed E-state index contributed by atoms with van der Waals surface area (Å²) in [4.78, 5) is 12.8. The number of benzene rings is 1. The van der Waals surface area contributed by atoms with Gasteiger partial charge in [0, 0.05) is 17.5 Å². The van der Waals surface area contributed by atoms with E-state index in [4.69, 9.17) is 27.6 Å². The van der Waals surface area contributed by atoms with Gasteiger partial charge in [-0.05, 0) is 24.6 Å². The van der Waals surface area contributed by atoms with Gasteiger partial charge in [-0.1, -0.05) is 41.8 Å². The molecular weight excluding hydrogens is 377 g/mol. The van der Waals surface area contributed by atoms with E-state index in [1.54, 1.807) is 29.9 Å². The molecule has 0 unspecified atom stereocenters. The number of fused-ring (bicyclic) bond motifs is 2. The molecule has 0 spiro atoms. The summed E-state index contributed by atoms with van der Waals surface area (Å²) in [5.41, 5.74) is 2.03. The molecule has 9 heteroatoms. The maximum absolute atomic E-state index is 12.8. The molecule has 4 aromatic rings. The van der Waals surface area contributed by atoms with Crippen molar-refractivity contribution in [2.45, 2.75) is 26.3 Å². The average Bonchev–Trinajstić information content (AvgIpc) is 3.12. The Morgan fingerprint density at radius 3 is 2.81 bits per heavy atom. The molecule has 0 atom stereocenters. The van der Waals surface area contributed by atoms with Gasteiger partial charge in [0.15, 0.2) is 11.1 Å². The average molecular weight is 392 g/mol. The van der Waals surface area contributed by atoms with Crippen molar-refractivity contribution in [3.63, 3.8) is 0 Å². The van der Waals surface area contributed by atoms with E-state index >= 15 is 0 Å². The Morgan fingerprint density at radius 2 is 2.04 bits per heavy atom. The minimum Gasteiger partial charge on any atom is -0.458 e. The molecule has 4 rings (SSSR count). The van der Waals surface area contributed by atoms with Crippen LogP contribution in [-0.2, 0) is 20.0 Å². The summed E-state index contributed by atoms with van der Waals surface area (Å²) in [5.74, 6) is 0.538. The highest BCUT2D eigenvalue weighted by atomic mass is 35.5. The van der Waals surface area contributed by atoms with Crippen LogP contribution in [0, 0.1) is 0 Å². The van der Waals surface area contributed by atoms with Gasteiger partial charge in [0.1, 0.15) is 17.8 Å². The first-order chi connectivity index (χ1) is 12.5. The van der Waals surface area contributed by atoms with Gasteiger partial charge in [-0.25, -0.2) is 4.68 Å². The molecule has 3 heterocycles. The Hall–Kier alpha value is -2.38. The molecule has 26 heavy (non-hydrogen) atoms. The van der Waals surface area contributed by atoms with Gasteiger partial charge in [-0.2, -0.15) is 5.10 Å². The molecule has 0 saturated heterocycles. The van der Waals surface area contributed by atoms with Crippen molar-refractivity contribution in [3.8, 4) is 0 Å². The third-order valence-electron chi connectivity index (χ3n) is 4.16. The fourth-order valence-electron chi connectivity index (χ4n) is 3.04. The largest absolute Gasteiger partial charge is 0.458 e. The lowest BCUT2D eigenvalue weighted by atomic mass is 10.2. The topological polar surface area (TPSA) is 78.7 Å². The van der Waals surface area contributed by atoms with Crippen LogP contribution >= 0.6 is 23.2 Å². The quantitative estimate of drug-likeness (QED) is 0.531. The molecular formula is C17H15Cl2N5O2. The zero-order chi connectivity index (χ0) is 18.4. The van der Waals surface area contributed by atoms with Crippen molar-refractivity contribution in [2.75, 3.05) is 0 Å². The van der Waals surface area contributed by atoms with Gasteiger partial charge in [-0.15, -0.1) is 5.10 Å². The monoisotopic (exact) mass is 391 g/mol. The van der Waals surface area contributed by atoms with Gasteiger partial charge in [0.25, 0.3) is 5.56 Å². The lowest BCUT2D eigenvalue weighted by molar-refractivity contribution is 0.487. The zero-order valence-electron chi connectivity index (χ0n) is 14.2. The molecule has 134 valence electrons. The Labute approximate surface area is 158 Å². The molecule has 0 radical (unpaired) electrons. The van der Waals surface area contributed by atoms with Crippen molar-refractivity contribution in [1.82, 2.24) is 24.8 Å². The molecule has 0 saturated carbocycles. The summed E-state index contributed by atoms with van der Waals surface area (Å²) in [6, 6.07) is 5.16. The first-order valence-corrected chi connectivity index (χ1v) is 8.90. The minimum absolute atomic E-state index is 0.138. The number of furan rings is 1. The Bertz CT molecular complexity index is 1190. The highest BCUT2D eigenvalue weighted by Crippen LogP contribution is 2.30. The van der Waals surface area contributed by atoms with Gasteiger partial charge in [0.2, 0.25) is 0 Å². The number of aromatic nitrogens is 5. The van der Waals surface area contributed by atoms with Crippen LogP contribution in [0.1, 0.15) is 24.8 Å². The Balaban J connectivity index is 1.78. The van der Waals surface area contributed by atoms with Crippen LogP contribution in [0.25, 0.3) is 22.0 Å². The second-order valence-corrected chi connectivity index (χ2v) is 6.93. The Morgan fingerprint density at radius 1 is 1.23 bits per heavy atom. The maximum Gasteiger partial charge on any atom is 0.296 e. The second kappa shape index (κ2) is 6.41. The highest BCUT2D eigenvalue weighted by molar-refractivity contribution is 6.38. The molecule has 0 aliphatic carbocycles. The molecule has 1 aromatic carbocycles. The molecule has 0 N–H and O–H groups in total. The third kappa shape index (κ3) is 2.77. The Kier molecular flexibility index (Phi) is 4.20. The summed E-state index contributed by atoms with van der Waals surface area (Å²) < 4.78 is 8.57. The molecule has 7 nitrogen and oxygen atoms in total. The number of halogens is 2. The van der Waals surface area contributed by atoms with Gasteiger partial charge >= 0.3 is 0 Å². The van der Waals surface area contributed by atoms with Gasteiger partial charge in [-0.3, -0.25) is 9.48 Å². The molecule has 0 bridgehead atoms. The third-order valence-corrected chi connectivity index (χ3v) is 4.66. The van der Waals surface area contributed by atoms with Crippen molar-refractivity contribution in [2.24, 2.45) is 7.05 Å². The lowest BCUT2D eigenvalue weighted by Crippen LogP contribution is -2.25. The van der Waals surface area contributed by atoms with Crippen LogP contribution in [-0.4, -0.2) is 24.8 Å². The number of nitrogens with zero attached hydrogens (tertiary/aromatic N) is 5. The molecule has 0 aliphatic heterocycles. The molecule has 0 fully saturated rings.